The maximum atomic E-state index is 13.2. The van der Waals surface area contributed by atoms with Crippen molar-refractivity contribution in [1.82, 2.24) is 9.78 Å². The summed E-state index contributed by atoms with van der Waals surface area (Å²) in [5, 5.41) is 13.3. The largest absolute Gasteiger partial charge is 0.280 e. The lowest BCUT2D eigenvalue weighted by molar-refractivity contribution is -0.114. The summed E-state index contributed by atoms with van der Waals surface area (Å²) in [5.74, 6) is -0.176. The van der Waals surface area contributed by atoms with E-state index in [9.17, 15) is 4.79 Å². The number of hydrogen-bond acceptors (Lipinski definition) is 4. The van der Waals surface area contributed by atoms with Gasteiger partial charge in [0.2, 0.25) is 0 Å². The van der Waals surface area contributed by atoms with Crippen LogP contribution in [0.15, 0.2) is 89.0 Å². The van der Waals surface area contributed by atoms with E-state index in [1.807, 2.05) is 71.7 Å². The van der Waals surface area contributed by atoms with Gasteiger partial charge in [-0.25, -0.2) is 4.68 Å². The third-order valence-corrected chi connectivity index (χ3v) is 6.08. The van der Waals surface area contributed by atoms with Crippen LogP contribution in [-0.2, 0) is 4.79 Å². The molecule has 0 aliphatic carbocycles. The van der Waals surface area contributed by atoms with Gasteiger partial charge in [-0.1, -0.05) is 35.9 Å². The van der Waals surface area contributed by atoms with Crippen molar-refractivity contribution < 1.29 is 4.79 Å². The van der Waals surface area contributed by atoms with Gasteiger partial charge in [-0.15, -0.1) is 11.3 Å². The lowest BCUT2D eigenvalue weighted by atomic mass is 10.1. The van der Waals surface area contributed by atoms with Gasteiger partial charge in [-0.3, -0.25) is 4.79 Å². The molecular weight excluding hydrogens is 428 g/mol. The van der Waals surface area contributed by atoms with Crippen molar-refractivity contribution >= 4 is 46.3 Å². The highest BCUT2D eigenvalue weighted by Gasteiger charge is 2.29. The number of aromatic nitrogens is 2. The Morgan fingerprint density at radius 1 is 0.968 bits per heavy atom. The molecule has 31 heavy (non-hydrogen) atoms. The Hall–Kier alpha value is -3.48. The quantitative estimate of drug-likeness (QED) is 0.359. The number of nitrogens with zero attached hydrogens (tertiary/aromatic N) is 4. The first-order chi connectivity index (χ1) is 15.1. The van der Waals surface area contributed by atoms with E-state index >= 15 is 0 Å². The summed E-state index contributed by atoms with van der Waals surface area (Å²) in [5.41, 5.74) is 4.52. The second-order valence-electron chi connectivity index (χ2n) is 7.03. The SMILES string of the molecule is CC1=NN(c2ccc(Cl)cc2)C(=O)/C1=C/c1cn(-c2ccccc2)nc1-c1cccs1. The maximum absolute atomic E-state index is 13.2. The van der Waals surface area contributed by atoms with E-state index in [4.69, 9.17) is 16.7 Å². The molecule has 4 aromatic rings. The number of carbonyl (C=O) groups excluding carboxylic acids is 1. The van der Waals surface area contributed by atoms with Crippen LogP contribution in [0.2, 0.25) is 5.02 Å². The van der Waals surface area contributed by atoms with Gasteiger partial charge in [0.1, 0.15) is 5.69 Å². The van der Waals surface area contributed by atoms with Crippen LogP contribution < -0.4 is 5.01 Å². The van der Waals surface area contributed by atoms with E-state index in [2.05, 4.69) is 5.10 Å². The first-order valence-corrected chi connectivity index (χ1v) is 10.9. The number of anilines is 1. The van der Waals surface area contributed by atoms with Crippen LogP contribution in [0.5, 0.6) is 0 Å². The molecule has 0 bridgehead atoms. The molecule has 0 saturated carbocycles. The fourth-order valence-corrected chi connectivity index (χ4v) is 4.26. The number of hydrogen-bond donors (Lipinski definition) is 0. The minimum atomic E-state index is -0.176. The average Bonchev–Trinajstić information content (AvgIpc) is 3.51. The van der Waals surface area contributed by atoms with Crippen LogP contribution in [0.4, 0.5) is 5.69 Å². The predicted octanol–water partition coefficient (Wildman–Crippen LogP) is 6.06. The third-order valence-electron chi connectivity index (χ3n) is 4.95. The Kier molecular flexibility index (Phi) is 5.02. The van der Waals surface area contributed by atoms with E-state index in [0.29, 0.717) is 22.0 Å². The second kappa shape index (κ2) is 7.98. The Morgan fingerprint density at radius 3 is 2.45 bits per heavy atom. The number of rotatable bonds is 4. The first kappa shape index (κ1) is 19.5. The number of halogens is 1. The molecule has 0 atom stereocenters. The van der Waals surface area contributed by atoms with Gasteiger partial charge in [-0.2, -0.15) is 15.2 Å². The van der Waals surface area contributed by atoms with Gasteiger partial charge in [0, 0.05) is 16.8 Å². The van der Waals surface area contributed by atoms with Gasteiger partial charge in [0.05, 0.1) is 27.5 Å². The van der Waals surface area contributed by atoms with E-state index in [0.717, 1.165) is 21.8 Å². The van der Waals surface area contributed by atoms with Crippen LogP contribution in [0, 0.1) is 0 Å². The monoisotopic (exact) mass is 444 g/mol. The summed E-state index contributed by atoms with van der Waals surface area (Å²) in [6, 6.07) is 21.0. The van der Waals surface area contributed by atoms with Gasteiger partial charge >= 0.3 is 0 Å². The molecule has 0 unspecified atom stereocenters. The van der Waals surface area contributed by atoms with Crippen molar-refractivity contribution in [3.8, 4) is 16.3 Å². The van der Waals surface area contributed by atoms with Crippen LogP contribution in [-0.4, -0.2) is 21.4 Å². The zero-order valence-corrected chi connectivity index (χ0v) is 18.1. The van der Waals surface area contributed by atoms with Crippen LogP contribution >= 0.6 is 22.9 Å². The number of para-hydroxylation sites is 1. The molecule has 2 aromatic carbocycles. The third kappa shape index (κ3) is 3.71. The van der Waals surface area contributed by atoms with Crippen molar-refractivity contribution in [2.75, 3.05) is 5.01 Å². The molecule has 3 heterocycles. The molecule has 0 N–H and O–H groups in total. The highest BCUT2D eigenvalue weighted by molar-refractivity contribution is 7.13. The Bertz CT molecular complexity index is 1310. The summed E-state index contributed by atoms with van der Waals surface area (Å²) in [7, 11) is 0. The van der Waals surface area contributed by atoms with Crippen LogP contribution in [0.3, 0.4) is 0 Å². The van der Waals surface area contributed by atoms with Crippen molar-refractivity contribution in [2.24, 2.45) is 5.10 Å². The molecule has 5 rings (SSSR count). The number of thiophene rings is 1. The summed E-state index contributed by atoms with van der Waals surface area (Å²) < 4.78 is 1.84. The highest BCUT2D eigenvalue weighted by atomic mass is 35.5. The van der Waals surface area contributed by atoms with E-state index in [1.54, 1.807) is 35.6 Å². The predicted molar refractivity (Wildman–Crippen MR) is 127 cm³/mol. The molecule has 0 saturated heterocycles. The minimum absolute atomic E-state index is 0.176. The zero-order valence-electron chi connectivity index (χ0n) is 16.6. The summed E-state index contributed by atoms with van der Waals surface area (Å²) in [4.78, 5) is 14.2. The number of amides is 1. The molecule has 5 nitrogen and oxygen atoms in total. The maximum Gasteiger partial charge on any atom is 0.280 e. The molecule has 7 heteroatoms. The number of hydrazone groups is 1. The van der Waals surface area contributed by atoms with Crippen LogP contribution in [0.1, 0.15) is 12.5 Å². The van der Waals surface area contributed by atoms with Gasteiger partial charge in [0.25, 0.3) is 5.91 Å². The molecule has 1 aliphatic heterocycles. The zero-order chi connectivity index (χ0) is 21.4. The molecule has 1 aliphatic rings. The van der Waals surface area contributed by atoms with E-state index in [-0.39, 0.29) is 5.91 Å². The van der Waals surface area contributed by atoms with Gasteiger partial charge in [-0.05, 0) is 60.8 Å². The molecule has 0 radical (unpaired) electrons. The van der Waals surface area contributed by atoms with Gasteiger partial charge < -0.3 is 0 Å². The van der Waals surface area contributed by atoms with E-state index < -0.39 is 0 Å². The van der Waals surface area contributed by atoms with Crippen molar-refractivity contribution in [1.29, 1.82) is 0 Å². The highest BCUT2D eigenvalue weighted by Crippen LogP contribution is 2.31. The molecular formula is C24H17ClN4OS. The Labute approximate surface area is 188 Å². The lowest BCUT2D eigenvalue weighted by Crippen LogP contribution is -2.21. The lowest BCUT2D eigenvalue weighted by Gasteiger charge is -2.11. The molecule has 0 fully saturated rings. The molecule has 152 valence electrons. The fraction of sp³-hybridized carbons (Fsp3) is 0.0417. The van der Waals surface area contributed by atoms with Crippen molar-refractivity contribution in [3.63, 3.8) is 0 Å². The van der Waals surface area contributed by atoms with E-state index in [1.165, 1.54) is 5.01 Å². The van der Waals surface area contributed by atoms with Crippen LogP contribution in [0.25, 0.3) is 22.3 Å². The summed E-state index contributed by atoms with van der Waals surface area (Å²) >= 11 is 7.59. The molecule has 1 amide bonds. The molecule has 2 aromatic heterocycles. The minimum Gasteiger partial charge on any atom is -0.267 e. The summed E-state index contributed by atoms with van der Waals surface area (Å²) in [6.07, 6.45) is 3.82. The van der Waals surface area contributed by atoms with Crippen molar-refractivity contribution in [3.05, 3.63) is 94.5 Å². The van der Waals surface area contributed by atoms with Gasteiger partial charge in [0.15, 0.2) is 0 Å². The topological polar surface area (TPSA) is 50.5 Å². The fourth-order valence-electron chi connectivity index (χ4n) is 3.41. The second-order valence-corrected chi connectivity index (χ2v) is 8.41. The smallest absolute Gasteiger partial charge is 0.267 e. The average molecular weight is 445 g/mol. The van der Waals surface area contributed by atoms with Crippen molar-refractivity contribution in [2.45, 2.75) is 6.92 Å². The number of benzene rings is 2. The first-order valence-electron chi connectivity index (χ1n) is 9.66. The Morgan fingerprint density at radius 2 is 1.74 bits per heavy atom. The molecule has 0 spiro atoms. The normalized spacial score (nSPS) is 15.0. The standard InChI is InChI=1S/C24H17ClN4OS/c1-16-21(24(30)29(26-16)20-11-9-18(25)10-12-20)14-17-15-28(19-6-3-2-4-7-19)27-23(17)22-8-5-13-31-22/h2-15H,1H3/b21-14+. The number of carbonyl (C=O) groups is 1. The summed E-state index contributed by atoms with van der Waals surface area (Å²) in [6.45, 7) is 1.84. The Balaban J connectivity index is 1.57.